The summed E-state index contributed by atoms with van der Waals surface area (Å²) in [5, 5.41) is 4.83. The summed E-state index contributed by atoms with van der Waals surface area (Å²) in [6.45, 7) is 1.79. The molecule has 2 heterocycles. The summed E-state index contributed by atoms with van der Waals surface area (Å²) in [6.07, 6.45) is -4.50. The number of ketones is 1. The second kappa shape index (κ2) is 8.21. The summed E-state index contributed by atoms with van der Waals surface area (Å²) in [6, 6.07) is 3.02. The highest BCUT2D eigenvalue weighted by Gasteiger charge is 2.37. The van der Waals surface area contributed by atoms with E-state index < -0.39 is 30.1 Å². The van der Waals surface area contributed by atoms with Crippen molar-refractivity contribution in [1.82, 2.24) is 4.98 Å². The highest BCUT2D eigenvalue weighted by molar-refractivity contribution is 7.17. The van der Waals surface area contributed by atoms with Crippen LogP contribution in [0.3, 0.4) is 0 Å². The van der Waals surface area contributed by atoms with Crippen molar-refractivity contribution in [2.45, 2.75) is 19.5 Å². The summed E-state index contributed by atoms with van der Waals surface area (Å²) in [5.41, 5.74) is 0.859. The van der Waals surface area contributed by atoms with Crippen molar-refractivity contribution in [3.05, 3.63) is 33.5 Å². The van der Waals surface area contributed by atoms with Gasteiger partial charge in [-0.2, -0.15) is 18.3 Å². The standard InChI is InChI=1S/C14H12F3N3O3S2/c1-2-23-12(22)10-7-18-13(25-10)20-19-11(14(15,16)17)6-8(21)9-4-3-5-24-9/h3-5,7H,2,6H2,1H3,(H,18,20)/b19-11+. The van der Waals surface area contributed by atoms with Crippen molar-refractivity contribution in [3.8, 4) is 0 Å². The Hall–Kier alpha value is -2.27. The average Bonchev–Trinajstić information content (AvgIpc) is 3.21. The molecular weight excluding hydrogens is 379 g/mol. The van der Waals surface area contributed by atoms with Gasteiger partial charge in [0.25, 0.3) is 0 Å². The molecule has 0 bridgehead atoms. The fourth-order valence-electron chi connectivity index (χ4n) is 1.62. The number of nitrogens with one attached hydrogen (secondary N) is 1. The number of thiophene rings is 1. The van der Waals surface area contributed by atoms with Crippen molar-refractivity contribution in [1.29, 1.82) is 0 Å². The zero-order valence-electron chi connectivity index (χ0n) is 12.8. The Labute approximate surface area is 148 Å². The first-order valence-electron chi connectivity index (χ1n) is 6.90. The number of hydrogen-bond acceptors (Lipinski definition) is 8. The maximum absolute atomic E-state index is 13.0. The Balaban J connectivity index is 2.10. The number of carbonyl (C=O) groups is 2. The van der Waals surface area contributed by atoms with Crippen molar-refractivity contribution < 1.29 is 27.5 Å². The van der Waals surface area contributed by atoms with Crippen molar-refractivity contribution >= 4 is 45.3 Å². The first-order chi connectivity index (χ1) is 11.8. The van der Waals surface area contributed by atoms with Gasteiger partial charge in [0, 0.05) is 0 Å². The predicted octanol–water partition coefficient (Wildman–Crippen LogP) is 3.98. The molecule has 0 amide bonds. The molecule has 0 atom stereocenters. The summed E-state index contributed by atoms with van der Waals surface area (Å²) in [4.78, 5) is 27.5. The van der Waals surface area contributed by atoms with Crippen LogP contribution >= 0.6 is 22.7 Å². The maximum Gasteiger partial charge on any atom is 0.431 e. The fraction of sp³-hybridized carbons (Fsp3) is 0.286. The van der Waals surface area contributed by atoms with Gasteiger partial charge in [0.15, 0.2) is 5.78 Å². The molecule has 134 valence electrons. The van der Waals surface area contributed by atoms with Gasteiger partial charge in [0.1, 0.15) is 10.6 Å². The molecule has 0 aromatic carbocycles. The van der Waals surface area contributed by atoms with Gasteiger partial charge in [-0.15, -0.1) is 11.3 Å². The molecule has 2 aromatic rings. The second-order valence-corrected chi connectivity index (χ2v) is 6.47. The lowest BCUT2D eigenvalue weighted by Crippen LogP contribution is -2.26. The van der Waals surface area contributed by atoms with E-state index in [1.165, 1.54) is 12.3 Å². The molecule has 0 unspecified atom stereocenters. The lowest BCUT2D eigenvalue weighted by molar-refractivity contribution is -0.0602. The number of nitrogens with zero attached hydrogens (tertiary/aromatic N) is 2. The first kappa shape index (κ1) is 19.1. The quantitative estimate of drug-likeness (QED) is 0.334. The number of carbonyl (C=O) groups excluding carboxylic acids is 2. The minimum atomic E-state index is -4.78. The number of halogens is 3. The molecule has 0 aliphatic heterocycles. The van der Waals surface area contributed by atoms with Crippen LogP contribution in [0.1, 0.15) is 32.7 Å². The van der Waals surface area contributed by atoms with Crippen LogP contribution in [0.2, 0.25) is 0 Å². The van der Waals surface area contributed by atoms with Crippen LogP contribution in [-0.4, -0.2) is 35.2 Å². The highest BCUT2D eigenvalue weighted by atomic mass is 32.1. The van der Waals surface area contributed by atoms with E-state index in [1.54, 1.807) is 18.4 Å². The fourth-order valence-corrected chi connectivity index (χ4v) is 2.93. The van der Waals surface area contributed by atoms with Crippen LogP contribution < -0.4 is 5.43 Å². The van der Waals surface area contributed by atoms with Crippen LogP contribution in [0, 0.1) is 0 Å². The number of esters is 1. The zero-order chi connectivity index (χ0) is 18.4. The van der Waals surface area contributed by atoms with Crippen LogP contribution in [0.5, 0.6) is 0 Å². The molecule has 2 rings (SSSR count). The van der Waals surface area contributed by atoms with Crippen LogP contribution in [0.25, 0.3) is 0 Å². The SMILES string of the molecule is CCOC(=O)c1cnc(N/N=C(\CC(=O)c2cccs2)C(F)(F)F)s1. The van der Waals surface area contributed by atoms with Crippen molar-refractivity contribution in [2.24, 2.45) is 5.10 Å². The van der Waals surface area contributed by atoms with Gasteiger partial charge in [-0.3, -0.25) is 10.2 Å². The Bertz CT molecular complexity index is 770. The molecule has 0 fully saturated rings. The first-order valence-corrected chi connectivity index (χ1v) is 8.60. The van der Waals surface area contributed by atoms with Gasteiger partial charge in [0.2, 0.25) is 5.13 Å². The molecule has 0 saturated heterocycles. The number of rotatable bonds is 7. The van der Waals surface area contributed by atoms with Gasteiger partial charge in [-0.1, -0.05) is 17.4 Å². The molecule has 25 heavy (non-hydrogen) atoms. The molecule has 6 nitrogen and oxygen atoms in total. The largest absolute Gasteiger partial charge is 0.462 e. The number of ether oxygens (including phenoxy) is 1. The molecule has 1 N–H and O–H groups in total. The Morgan fingerprint density at radius 1 is 1.36 bits per heavy atom. The minimum Gasteiger partial charge on any atom is -0.462 e. The van der Waals surface area contributed by atoms with Crippen molar-refractivity contribution in [3.63, 3.8) is 0 Å². The van der Waals surface area contributed by atoms with Gasteiger partial charge >= 0.3 is 12.1 Å². The van der Waals surface area contributed by atoms with E-state index >= 15 is 0 Å². The summed E-state index contributed by atoms with van der Waals surface area (Å²) >= 11 is 1.85. The van der Waals surface area contributed by atoms with Gasteiger partial charge < -0.3 is 4.74 Å². The van der Waals surface area contributed by atoms with E-state index in [1.807, 2.05) is 0 Å². The van der Waals surface area contributed by atoms with Gasteiger partial charge in [-0.05, 0) is 18.4 Å². The van der Waals surface area contributed by atoms with E-state index in [0.29, 0.717) is 0 Å². The number of Topliss-reactive ketones (excluding diaryl/α,β-unsaturated/α-hetero) is 1. The second-order valence-electron chi connectivity index (χ2n) is 4.50. The highest BCUT2D eigenvalue weighted by Crippen LogP contribution is 2.24. The molecule has 2 aromatic heterocycles. The van der Waals surface area contributed by atoms with E-state index in [4.69, 9.17) is 4.74 Å². The zero-order valence-corrected chi connectivity index (χ0v) is 14.4. The molecule has 11 heteroatoms. The van der Waals surface area contributed by atoms with E-state index in [-0.39, 0.29) is 21.5 Å². The normalized spacial score (nSPS) is 12.1. The number of thiazole rings is 1. The number of hydrogen-bond donors (Lipinski definition) is 1. The monoisotopic (exact) mass is 391 g/mol. The number of alkyl halides is 3. The van der Waals surface area contributed by atoms with E-state index in [9.17, 15) is 22.8 Å². The Morgan fingerprint density at radius 3 is 2.72 bits per heavy atom. The maximum atomic E-state index is 13.0. The third-order valence-corrected chi connectivity index (χ3v) is 4.51. The van der Waals surface area contributed by atoms with E-state index in [2.05, 4.69) is 15.5 Å². The molecule has 0 spiro atoms. The molecular formula is C14H12F3N3O3S2. The van der Waals surface area contributed by atoms with Crippen LogP contribution in [0.15, 0.2) is 28.8 Å². The lowest BCUT2D eigenvalue weighted by atomic mass is 10.1. The van der Waals surface area contributed by atoms with Crippen LogP contribution in [0.4, 0.5) is 18.3 Å². The van der Waals surface area contributed by atoms with Gasteiger partial charge in [-0.25, -0.2) is 9.78 Å². The van der Waals surface area contributed by atoms with E-state index in [0.717, 1.165) is 22.7 Å². The Morgan fingerprint density at radius 2 is 2.12 bits per heavy atom. The summed E-state index contributed by atoms with van der Waals surface area (Å²) in [5.74, 6) is -1.31. The number of aromatic nitrogens is 1. The van der Waals surface area contributed by atoms with Gasteiger partial charge in [0.05, 0.1) is 24.1 Å². The third kappa shape index (κ3) is 5.36. The predicted molar refractivity (Wildman–Crippen MR) is 88.4 cm³/mol. The number of anilines is 1. The topological polar surface area (TPSA) is 80.7 Å². The number of hydrazone groups is 1. The lowest BCUT2D eigenvalue weighted by Gasteiger charge is -2.09. The third-order valence-electron chi connectivity index (χ3n) is 2.72. The smallest absolute Gasteiger partial charge is 0.431 e. The minimum absolute atomic E-state index is 0.0200. The molecule has 0 aliphatic rings. The van der Waals surface area contributed by atoms with Crippen molar-refractivity contribution in [2.75, 3.05) is 12.0 Å². The summed E-state index contributed by atoms with van der Waals surface area (Å²) in [7, 11) is 0. The average molecular weight is 391 g/mol. The molecule has 0 radical (unpaired) electrons. The Kier molecular flexibility index (Phi) is 6.26. The van der Waals surface area contributed by atoms with Crippen LogP contribution in [-0.2, 0) is 4.74 Å². The molecule has 0 aliphatic carbocycles. The molecule has 0 saturated carbocycles. The summed E-state index contributed by atoms with van der Waals surface area (Å²) < 4.78 is 43.9.